The summed E-state index contributed by atoms with van der Waals surface area (Å²) in [6.45, 7) is 1.60. The first kappa shape index (κ1) is 17.4. The lowest BCUT2D eigenvalue weighted by Crippen LogP contribution is -2.31. The van der Waals surface area contributed by atoms with Gasteiger partial charge in [-0.05, 0) is 25.5 Å². The highest BCUT2D eigenvalue weighted by Crippen LogP contribution is 2.02. The van der Waals surface area contributed by atoms with E-state index >= 15 is 0 Å². The predicted octanol–water partition coefficient (Wildman–Crippen LogP) is 1.05. The van der Waals surface area contributed by atoms with Crippen LogP contribution in [0.4, 0.5) is 0 Å². The third kappa shape index (κ3) is 4.77. The first-order valence-electron chi connectivity index (χ1n) is 7.51. The van der Waals surface area contributed by atoms with E-state index in [1.54, 1.807) is 37.3 Å². The summed E-state index contributed by atoms with van der Waals surface area (Å²) < 4.78 is 6.29. The quantitative estimate of drug-likeness (QED) is 0.765. The summed E-state index contributed by atoms with van der Waals surface area (Å²) in [5.74, 6) is -0.773. The summed E-state index contributed by atoms with van der Waals surface area (Å²) in [7, 11) is 0. The Balaban J connectivity index is 1.78. The molecule has 0 bridgehead atoms. The van der Waals surface area contributed by atoms with Crippen LogP contribution in [0.1, 0.15) is 28.8 Å². The third-order valence-electron chi connectivity index (χ3n) is 3.42. The van der Waals surface area contributed by atoms with Crippen LogP contribution in [0.5, 0.6) is 0 Å². The molecule has 2 aromatic rings. The molecule has 0 saturated carbocycles. The second-order valence-electron chi connectivity index (χ2n) is 5.35. The molecule has 24 heavy (non-hydrogen) atoms. The summed E-state index contributed by atoms with van der Waals surface area (Å²) in [6, 6.07) is 8.42. The van der Waals surface area contributed by atoms with Crippen molar-refractivity contribution < 1.29 is 14.3 Å². The van der Waals surface area contributed by atoms with E-state index in [4.69, 9.17) is 4.74 Å². The van der Waals surface area contributed by atoms with Crippen LogP contribution in [0.3, 0.4) is 0 Å². The van der Waals surface area contributed by atoms with Gasteiger partial charge in [-0.2, -0.15) is 0 Å². The zero-order valence-electron chi connectivity index (χ0n) is 13.3. The molecular formula is C17H18N2O5. The van der Waals surface area contributed by atoms with Crippen molar-refractivity contribution in [2.24, 2.45) is 0 Å². The Labute approximate surface area is 137 Å². The van der Waals surface area contributed by atoms with E-state index in [1.165, 1.54) is 10.8 Å². The fourth-order valence-corrected chi connectivity index (χ4v) is 2.11. The minimum Gasteiger partial charge on any atom is -0.454 e. The number of hydrogen-bond acceptors (Lipinski definition) is 5. The predicted molar refractivity (Wildman–Crippen MR) is 87.0 cm³/mol. The number of H-pyrrole nitrogens is 1. The molecule has 1 aromatic heterocycles. The maximum Gasteiger partial charge on any atom is 0.338 e. The van der Waals surface area contributed by atoms with Crippen LogP contribution in [0.2, 0.25) is 0 Å². The molecule has 1 N–H and O–H groups in total. The largest absolute Gasteiger partial charge is 0.454 e. The van der Waals surface area contributed by atoms with Gasteiger partial charge in [0, 0.05) is 24.7 Å². The Bertz CT molecular complexity index is 836. The Morgan fingerprint density at radius 2 is 1.88 bits per heavy atom. The first-order valence-corrected chi connectivity index (χ1v) is 7.51. The number of nitrogens with one attached hydrogen (secondary N) is 1. The number of aromatic nitrogens is 2. The summed E-state index contributed by atoms with van der Waals surface area (Å²) in [6.07, 6.45) is 2.04. The van der Waals surface area contributed by atoms with Crippen LogP contribution in [-0.2, 0) is 16.1 Å². The zero-order valence-corrected chi connectivity index (χ0v) is 13.3. The maximum atomic E-state index is 11.8. The van der Waals surface area contributed by atoms with Gasteiger partial charge in [-0.1, -0.05) is 18.2 Å². The molecule has 126 valence electrons. The molecule has 1 aromatic carbocycles. The second-order valence-corrected chi connectivity index (χ2v) is 5.35. The summed E-state index contributed by atoms with van der Waals surface area (Å²) in [5.41, 5.74) is -0.105. The maximum absolute atomic E-state index is 11.8. The molecule has 0 amide bonds. The highest BCUT2D eigenvalue weighted by Gasteiger charge is 2.10. The van der Waals surface area contributed by atoms with E-state index in [0.717, 1.165) is 0 Å². The Morgan fingerprint density at radius 1 is 1.17 bits per heavy atom. The molecule has 0 fully saturated rings. The van der Waals surface area contributed by atoms with Crippen LogP contribution in [-0.4, -0.2) is 27.9 Å². The number of nitrogens with zero attached hydrogens (tertiary/aromatic N) is 1. The van der Waals surface area contributed by atoms with Crippen LogP contribution >= 0.6 is 0 Å². The number of aryl methyl sites for hydroxylation is 2. The monoisotopic (exact) mass is 330 g/mol. The van der Waals surface area contributed by atoms with Gasteiger partial charge in [-0.3, -0.25) is 14.6 Å². The van der Waals surface area contributed by atoms with Gasteiger partial charge in [0.1, 0.15) is 6.61 Å². The van der Waals surface area contributed by atoms with Crippen molar-refractivity contribution >= 4 is 11.8 Å². The average molecular weight is 330 g/mol. The molecule has 0 unspecified atom stereocenters. The molecule has 1 heterocycles. The van der Waals surface area contributed by atoms with Gasteiger partial charge in [0.05, 0.1) is 5.56 Å². The Hall–Kier alpha value is -2.96. The summed E-state index contributed by atoms with van der Waals surface area (Å²) >= 11 is 0. The first-order chi connectivity index (χ1) is 11.5. The molecule has 0 aliphatic rings. The summed E-state index contributed by atoms with van der Waals surface area (Å²) in [4.78, 5) is 48.5. The SMILES string of the molecule is Cc1cn(CCCC(=O)COC(=O)c2ccccc2)c(=O)[nH]c1=O. The van der Waals surface area contributed by atoms with Gasteiger partial charge in [0.2, 0.25) is 0 Å². The van der Waals surface area contributed by atoms with Gasteiger partial charge in [-0.15, -0.1) is 0 Å². The number of aromatic amines is 1. The molecule has 0 aliphatic carbocycles. The van der Waals surface area contributed by atoms with E-state index in [0.29, 0.717) is 24.1 Å². The smallest absolute Gasteiger partial charge is 0.338 e. The number of carbonyl (C=O) groups is 2. The lowest BCUT2D eigenvalue weighted by Gasteiger charge is -2.06. The van der Waals surface area contributed by atoms with Gasteiger partial charge in [0.25, 0.3) is 5.56 Å². The van der Waals surface area contributed by atoms with Crippen molar-refractivity contribution in [3.8, 4) is 0 Å². The molecule has 0 atom stereocenters. The van der Waals surface area contributed by atoms with Crippen molar-refractivity contribution in [2.45, 2.75) is 26.3 Å². The van der Waals surface area contributed by atoms with Crippen molar-refractivity contribution in [1.82, 2.24) is 9.55 Å². The number of ether oxygens (including phenoxy) is 1. The van der Waals surface area contributed by atoms with E-state index < -0.39 is 17.2 Å². The zero-order chi connectivity index (χ0) is 17.5. The summed E-state index contributed by atoms with van der Waals surface area (Å²) in [5, 5.41) is 0. The standard InChI is InChI=1S/C17H18N2O5/c1-12-10-19(17(23)18-15(12)21)9-5-8-14(20)11-24-16(22)13-6-3-2-4-7-13/h2-4,6-7,10H,5,8-9,11H2,1H3,(H,18,21,23). The molecule has 2 rings (SSSR count). The van der Waals surface area contributed by atoms with Crippen LogP contribution < -0.4 is 11.2 Å². The number of benzene rings is 1. The minimum absolute atomic E-state index is 0.173. The minimum atomic E-state index is -0.545. The fraction of sp³-hybridized carbons (Fsp3) is 0.294. The van der Waals surface area contributed by atoms with Gasteiger partial charge in [-0.25, -0.2) is 9.59 Å². The number of rotatable bonds is 7. The van der Waals surface area contributed by atoms with Crippen molar-refractivity contribution in [1.29, 1.82) is 0 Å². The van der Waals surface area contributed by atoms with E-state index in [9.17, 15) is 19.2 Å². The van der Waals surface area contributed by atoms with Crippen molar-refractivity contribution in [3.05, 3.63) is 68.5 Å². The lowest BCUT2D eigenvalue weighted by atomic mass is 10.2. The Morgan fingerprint density at radius 3 is 2.58 bits per heavy atom. The Kier molecular flexibility index (Phi) is 5.83. The van der Waals surface area contributed by atoms with Crippen LogP contribution in [0, 0.1) is 6.92 Å². The van der Waals surface area contributed by atoms with E-state index in [1.807, 2.05) is 0 Å². The van der Waals surface area contributed by atoms with E-state index in [2.05, 4.69) is 4.98 Å². The highest BCUT2D eigenvalue weighted by molar-refractivity contribution is 5.91. The van der Waals surface area contributed by atoms with Crippen LogP contribution in [0.25, 0.3) is 0 Å². The molecule has 0 radical (unpaired) electrons. The molecule has 7 heteroatoms. The number of ketones is 1. The fourth-order valence-electron chi connectivity index (χ4n) is 2.11. The van der Waals surface area contributed by atoms with Gasteiger partial charge in [0.15, 0.2) is 5.78 Å². The third-order valence-corrected chi connectivity index (χ3v) is 3.42. The molecule has 0 spiro atoms. The number of hydrogen-bond donors (Lipinski definition) is 1. The molecule has 0 aliphatic heterocycles. The normalized spacial score (nSPS) is 10.4. The van der Waals surface area contributed by atoms with Crippen molar-refractivity contribution in [3.63, 3.8) is 0 Å². The highest BCUT2D eigenvalue weighted by atomic mass is 16.5. The van der Waals surface area contributed by atoms with E-state index in [-0.39, 0.29) is 18.8 Å². The van der Waals surface area contributed by atoms with Gasteiger partial charge < -0.3 is 9.30 Å². The van der Waals surface area contributed by atoms with Crippen molar-refractivity contribution in [2.75, 3.05) is 6.61 Å². The molecule has 0 saturated heterocycles. The molecule has 7 nitrogen and oxygen atoms in total. The number of esters is 1. The van der Waals surface area contributed by atoms with Gasteiger partial charge >= 0.3 is 11.7 Å². The average Bonchev–Trinajstić information content (AvgIpc) is 2.58. The second kappa shape index (κ2) is 8.05. The molecular weight excluding hydrogens is 312 g/mol. The lowest BCUT2D eigenvalue weighted by molar-refractivity contribution is -0.122. The topological polar surface area (TPSA) is 98.2 Å². The van der Waals surface area contributed by atoms with Crippen LogP contribution in [0.15, 0.2) is 46.1 Å². The number of Topliss-reactive ketones (excluding diaryl/α,β-unsaturated/α-hetero) is 1. The number of carbonyl (C=O) groups excluding carboxylic acids is 2.